The smallest absolute Gasteiger partial charge is 0.320 e. The molecule has 1 aromatic heterocycles. The minimum atomic E-state index is -2.70. The molecule has 0 saturated carbocycles. The van der Waals surface area contributed by atoms with Crippen LogP contribution in [0, 0.1) is 0 Å². The minimum absolute atomic E-state index is 0.133. The number of amides is 1. The number of anilines is 1. The lowest BCUT2D eigenvalue weighted by atomic mass is 10.2. The fourth-order valence-corrected chi connectivity index (χ4v) is 3.73. The number of para-hydroxylation sites is 2. The quantitative estimate of drug-likeness (QED) is 0.408. The molecule has 0 spiro atoms. The number of carbonyl (C=O) groups is 1. The van der Waals surface area contributed by atoms with Crippen LogP contribution in [0.5, 0.6) is 0 Å². The molecule has 0 bridgehead atoms. The number of thioether (sulfide) groups is 1. The third-order valence-corrected chi connectivity index (χ3v) is 5.34. The second-order valence-corrected chi connectivity index (χ2v) is 7.35. The molecule has 29 heavy (non-hydrogen) atoms. The first-order valence-corrected chi connectivity index (χ1v) is 9.93. The van der Waals surface area contributed by atoms with Crippen LogP contribution in [0.15, 0.2) is 83.8 Å². The number of nitrogens with zero attached hydrogens (tertiary/aromatic N) is 2. The van der Waals surface area contributed by atoms with Crippen molar-refractivity contribution in [2.75, 3.05) is 11.1 Å². The van der Waals surface area contributed by atoms with Crippen LogP contribution < -0.4 is 5.32 Å². The maximum Gasteiger partial charge on any atom is 0.320 e. The molecule has 1 amide bonds. The number of halogens is 2. The monoisotopic (exact) mass is 409 g/mol. The van der Waals surface area contributed by atoms with Gasteiger partial charge in [0.25, 0.3) is 0 Å². The molecule has 4 nitrogen and oxygen atoms in total. The number of alkyl halides is 2. The predicted molar refractivity (Wildman–Crippen MR) is 112 cm³/mol. The Hall–Kier alpha value is -3.19. The van der Waals surface area contributed by atoms with Crippen LogP contribution in [0.1, 0.15) is 6.55 Å². The Bertz CT molecular complexity index is 1130. The van der Waals surface area contributed by atoms with Crippen molar-refractivity contribution in [2.24, 2.45) is 0 Å². The van der Waals surface area contributed by atoms with E-state index in [2.05, 4.69) is 10.3 Å². The molecular weight excluding hydrogens is 392 g/mol. The van der Waals surface area contributed by atoms with Gasteiger partial charge in [0.05, 0.1) is 16.8 Å². The van der Waals surface area contributed by atoms with Gasteiger partial charge in [0.15, 0.2) is 0 Å². The summed E-state index contributed by atoms with van der Waals surface area (Å²) in [5.74, 6) is 0.345. The topological polar surface area (TPSA) is 46.9 Å². The largest absolute Gasteiger partial charge is 0.325 e. The molecule has 0 atom stereocenters. The second-order valence-electron chi connectivity index (χ2n) is 6.30. The van der Waals surface area contributed by atoms with Crippen LogP contribution in [0.25, 0.3) is 22.4 Å². The highest BCUT2D eigenvalue weighted by Crippen LogP contribution is 2.30. The van der Waals surface area contributed by atoms with Crippen molar-refractivity contribution in [1.29, 1.82) is 0 Å². The van der Waals surface area contributed by atoms with E-state index in [1.807, 2.05) is 30.3 Å². The van der Waals surface area contributed by atoms with Gasteiger partial charge in [-0.25, -0.2) is 4.98 Å². The third kappa shape index (κ3) is 4.30. The molecule has 0 unspecified atom stereocenters. The van der Waals surface area contributed by atoms with Gasteiger partial charge in [-0.15, -0.1) is 11.8 Å². The number of benzene rings is 3. The summed E-state index contributed by atoms with van der Waals surface area (Å²) in [5, 5.41) is 2.82. The van der Waals surface area contributed by atoms with Crippen LogP contribution in [-0.4, -0.2) is 21.2 Å². The summed E-state index contributed by atoms with van der Waals surface area (Å²) in [5.41, 5.74) is 2.05. The van der Waals surface area contributed by atoms with E-state index >= 15 is 0 Å². The highest BCUT2D eigenvalue weighted by Gasteiger charge is 2.18. The SMILES string of the molecule is O=C(CSc1ccccc1)Nc1ccc(-c2nc3ccccc3n2C(F)F)cc1. The fourth-order valence-electron chi connectivity index (χ4n) is 3.01. The van der Waals surface area contributed by atoms with E-state index in [1.165, 1.54) is 11.8 Å². The van der Waals surface area contributed by atoms with Gasteiger partial charge in [0.1, 0.15) is 5.82 Å². The summed E-state index contributed by atoms with van der Waals surface area (Å²) in [6.07, 6.45) is 0. The Kier molecular flexibility index (Phi) is 5.57. The third-order valence-electron chi connectivity index (χ3n) is 4.33. The van der Waals surface area contributed by atoms with E-state index in [9.17, 15) is 13.6 Å². The summed E-state index contributed by atoms with van der Waals surface area (Å²) in [7, 11) is 0. The highest BCUT2D eigenvalue weighted by atomic mass is 32.2. The van der Waals surface area contributed by atoms with E-state index in [0.717, 1.165) is 9.46 Å². The average Bonchev–Trinajstić information content (AvgIpc) is 3.13. The number of carbonyl (C=O) groups excluding carboxylic acids is 1. The summed E-state index contributed by atoms with van der Waals surface area (Å²) >= 11 is 1.45. The average molecular weight is 409 g/mol. The molecule has 0 radical (unpaired) electrons. The van der Waals surface area contributed by atoms with Gasteiger partial charge < -0.3 is 5.32 Å². The molecule has 0 aliphatic carbocycles. The number of hydrogen-bond acceptors (Lipinski definition) is 3. The second kappa shape index (κ2) is 8.45. The van der Waals surface area contributed by atoms with Crippen LogP contribution in [-0.2, 0) is 4.79 Å². The maximum atomic E-state index is 13.6. The Morgan fingerprint density at radius 1 is 0.966 bits per heavy atom. The molecule has 7 heteroatoms. The molecule has 146 valence electrons. The van der Waals surface area contributed by atoms with Crippen molar-refractivity contribution in [3.05, 3.63) is 78.9 Å². The lowest BCUT2D eigenvalue weighted by molar-refractivity contribution is -0.113. The number of imidazole rings is 1. The van der Waals surface area contributed by atoms with Gasteiger partial charge >= 0.3 is 6.55 Å². The van der Waals surface area contributed by atoms with Crippen molar-refractivity contribution in [3.8, 4) is 11.4 Å². The van der Waals surface area contributed by atoms with Crippen LogP contribution in [0.3, 0.4) is 0 Å². The Balaban J connectivity index is 1.49. The van der Waals surface area contributed by atoms with E-state index in [0.29, 0.717) is 22.3 Å². The standard InChI is InChI=1S/C22H17F2N3OS/c23-22(24)27-19-9-5-4-8-18(19)26-21(27)15-10-12-16(13-11-15)25-20(28)14-29-17-6-2-1-3-7-17/h1-13,22H,14H2,(H,25,28). The summed E-state index contributed by atoms with van der Waals surface area (Å²) in [6.45, 7) is -2.70. The summed E-state index contributed by atoms with van der Waals surface area (Å²) in [4.78, 5) is 17.5. The maximum absolute atomic E-state index is 13.6. The molecule has 0 aliphatic heterocycles. The normalized spacial score (nSPS) is 11.1. The zero-order valence-corrected chi connectivity index (χ0v) is 16.1. The van der Waals surface area contributed by atoms with E-state index < -0.39 is 6.55 Å². The molecule has 0 fully saturated rings. The molecule has 1 heterocycles. The Labute approximate surface area is 170 Å². The van der Waals surface area contributed by atoms with Gasteiger partial charge in [-0.1, -0.05) is 30.3 Å². The van der Waals surface area contributed by atoms with Crippen molar-refractivity contribution < 1.29 is 13.6 Å². The molecule has 4 aromatic rings. The minimum Gasteiger partial charge on any atom is -0.325 e. The Morgan fingerprint density at radius 2 is 1.66 bits per heavy atom. The molecule has 0 aliphatic rings. The van der Waals surface area contributed by atoms with Crippen LogP contribution in [0.2, 0.25) is 0 Å². The first kappa shape index (κ1) is 19.1. The Morgan fingerprint density at radius 3 is 2.38 bits per heavy atom. The first-order chi connectivity index (χ1) is 14.1. The molecular formula is C22H17F2N3OS. The number of aromatic nitrogens is 2. The van der Waals surface area contributed by atoms with Crippen molar-refractivity contribution >= 4 is 34.4 Å². The van der Waals surface area contributed by atoms with E-state index in [4.69, 9.17) is 0 Å². The number of hydrogen-bond donors (Lipinski definition) is 1. The van der Waals surface area contributed by atoms with Crippen molar-refractivity contribution in [2.45, 2.75) is 11.4 Å². The predicted octanol–water partition coefficient (Wildman–Crippen LogP) is 5.83. The summed E-state index contributed by atoms with van der Waals surface area (Å²) in [6, 6.07) is 23.2. The first-order valence-electron chi connectivity index (χ1n) is 8.95. The van der Waals surface area contributed by atoms with Gasteiger partial charge in [-0.05, 0) is 48.5 Å². The van der Waals surface area contributed by atoms with Crippen molar-refractivity contribution in [1.82, 2.24) is 9.55 Å². The van der Waals surface area contributed by atoms with Gasteiger partial charge in [0.2, 0.25) is 5.91 Å². The lowest BCUT2D eigenvalue weighted by Crippen LogP contribution is -2.13. The van der Waals surface area contributed by atoms with Gasteiger partial charge in [0, 0.05) is 16.1 Å². The summed E-state index contributed by atoms with van der Waals surface area (Å²) < 4.78 is 28.1. The van der Waals surface area contributed by atoms with E-state index in [-0.39, 0.29) is 17.5 Å². The zero-order chi connectivity index (χ0) is 20.2. The molecule has 4 rings (SSSR count). The van der Waals surface area contributed by atoms with Gasteiger partial charge in [-0.3, -0.25) is 9.36 Å². The van der Waals surface area contributed by atoms with Crippen LogP contribution >= 0.6 is 11.8 Å². The fraction of sp³-hybridized carbons (Fsp3) is 0.0909. The van der Waals surface area contributed by atoms with Gasteiger partial charge in [-0.2, -0.15) is 8.78 Å². The van der Waals surface area contributed by atoms with Crippen molar-refractivity contribution in [3.63, 3.8) is 0 Å². The molecule has 1 N–H and O–H groups in total. The van der Waals surface area contributed by atoms with E-state index in [1.54, 1.807) is 48.5 Å². The number of nitrogens with one attached hydrogen (secondary N) is 1. The molecule has 3 aromatic carbocycles. The number of rotatable bonds is 6. The number of fused-ring (bicyclic) bond motifs is 1. The molecule has 0 saturated heterocycles. The zero-order valence-electron chi connectivity index (χ0n) is 15.3. The van der Waals surface area contributed by atoms with Crippen LogP contribution in [0.4, 0.5) is 14.5 Å². The highest BCUT2D eigenvalue weighted by molar-refractivity contribution is 8.00. The lowest BCUT2D eigenvalue weighted by Gasteiger charge is -2.09.